The molecule has 126 valence electrons. The molecule has 7 heteroatoms. The van der Waals surface area contributed by atoms with Gasteiger partial charge >= 0.3 is 0 Å². The van der Waals surface area contributed by atoms with Crippen LogP contribution in [0.5, 0.6) is 0 Å². The monoisotopic (exact) mass is 339 g/mol. The molecule has 6 nitrogen and oxygen atoms in total. The van der Waals surface area contributed by atoms with E-state index in [1.807, 2.05) is 24.3 Å². The molecule has 0 aliphatic heterocycles. The van der Waals surface area contributed by atoms with Crippen molar-refractivity contribution in [3.63, 3.8) is 0 Å². The van der Waals surface area contributed by atoms with Crippen molar-refractivity contribution < 1.29 is 14.8 Å². The summed E-state index contributed by atoms with van der Waals surface area (Å²) in [5.41, 5.74) is 8.25. The Morgan fingerprint density at radius 1 is 1.22 bits per heavy atom. The van der Waals surface area contributed by atoms with Gasteiger partial charge in [0.25, 0.3) is 5.91 Å². The molecular weight excluding hydrogens is 318 g/mol. The van der Waals surface area contributed by atoms with Crippen molar-refractivity contribution in [1.82, 2.24) is 10.8 Å². The predicted molar refractivity (Wildman–Crippen MR) is 87.1 cm³/mol. The van der Waals surface area contributed by atoms with Crippen LogP contribution < -0.4 is 16.5 Å². The highest BCUT2D eigenvalue weighted by Crippen LogP contribution is 2.36. The fourth-order valence-electron chi connectivity index (χ4n) is 2.95. The molecule has 0 bridgehead atoms. The van der Waals surface area contributed by atoms with Gasteiger partial charge in [-0.15, -0.1) is 0 Å². The number of nitrogens with one attached hydrogen (secondary N) is 2. The van der Waals surface area contributed by atoms with E-state index in [-0.39, 0.29) is 18.4 Å². The Labute approximate surface area is 140 Å². The standard InChI is InChI=1S/C16H22ClN3O3/c17-13-7-5-11(6-8-13)10-1-3-12(4-2-10)15(21)19-9-14(18)16(22)20-23/h5-8,10,12,14,23H,1-4,9,18H2,(H,19,21)(H,20,22). The van der Waals surface area contributed by atoms with Crippen LogP contribution in [0.1, 0.15) is 37.2 Å². The summed E-state index contributed by atoms with van der Waals surface area (Å²) in [6, 6.07) is 6.92. The van der Waals surface area contributed by atoms with Crippen molar-refractivity contribution in [3.8, 4) is 0 Å². The minimum atomic E-state index is -0.950. The number of amides is 2. The van der Waals surface area contributed by atoms with E-state index in [0.29, 0.717) is 5.92 Å². The van der Waals surface area contributed by atoms with Gasteiger partial charge in [-0.3, -0.25) is 14.8 Å². The SMILES string of the molecule is NC(CNC(=O)C1CCC(c2ccc(Cl)cc2)CC1)C(=O)NO. The van der Waals surface area contributed by atoms with Gasteiger partial charge in [-0.2, -0.15) is 0 Å². The Balaban J connectivity index is 1.78. The first-order valence-electron chi connectivity index (χ1n) is 7.74. The number of rotatable bonds is 5. The summed E-state index contributed by atoms with van der Waals surface area (Å²) in [5.74, 6) is -0.390. The highest BCUT2D eigenvalue weighted by atomic mass is 35.5. The lowest BCUT2D eigenvalue weighted by Crippen LogP contribution is -2.48. The third-order valence-electron chi connectivity index (χ3n) is 4.38. The summed E-state index contributed by atoms with van der Waals surface area (Å²) in [4.78, 5) is 23.2. The zero-order valence-electron chi connectivity index (χ0n) is 12.8. The molecular formula is C16H22ClN3O3. The number of hydrogen-bond acceptors (Lipinski definition) is 4. The molecule has 0 spiro atoms. The fraction of sp³-hybridized carbons (Fsp3) is 0.500. The fourth-order valence-corrected chi connectivity index (χ4v) is 3.08. The van der Waals surface area contributed by atoms with E-state index in [9.17, 15) is 9.59 Å². The van der Waals surface area contributed by atoms with E-state index >= 15 is 0 Å². The maximum Gasteiger partial charge on any atom is 0.262 e. The molecule has 0 heterocycles. The topological polar surface area (TPSA) is 104 Å². The minimum absolute atomic E-state index is 0.0162. The van der Waals surface area contributed by atoms with Gasteiger partial charge in [0.2, 0.25) is 5.91 Å². The predicted octanol–water partition coefficient (Wildman–Crippen LogP) is 1.56. The van der Waals surface area contributed by atoms with Crippen LogP contribution in [0.15, 0.2) is 24.3 Å². The maximum absolute atomic E-state index is 12.1. The Kier molecular flexibility index (Phi) is 6.38. The molecule has 2 amide bonds. The molecule has 1 unspecified atom stereocenters. The Morgan fingerprint density at radius 3 is 2.39 bits per heavy atom. The Morgan fingerprint density at radius 2 is 1.83 bits per heavy atom. The first-order valence-corrected chi connectivity index (χ1v) is 8.11. The zero-order chi connectivity index (χ0) is 16.8. The molecule has 5 N–H and O–H groups in total. The third kappa shape index (κ3) is 4.92. The largest absolute Gasteiger partial charge is 0.354 e. The summed E-state index contributed by atoms with van der Waals surface area (Å²) in [6.45, 7) is 0.0162. The van der Waals surface area contributed by atoms with E-state index in [4.69, 9.17) is 22.5 Å². The minimum Gasteiger partial charge on any atom is -0.354 e. The van der Waals surface area contributed by atoms with Gasteiger partial charge in [0.15, 0.2) is 0 Å². The van der Waals surface area contributed by atoms with Crippen LogP contribution in [0, 0.1) is 5.92 Å². The molecule has 1 aromatic carbocycles. The number of benzene rings is 1. The zero-order valence-corrected chi connectivity index (χ0v) is 13.6. The van der Waals surface area contributed by atoms with Gasteiger partial charge in [0, 0.05) is 17.5 Å². The van der Waals surface area contributed by atoms with Gasteiger partial charge in [-0.1, -0.05) is 23.7 Å². The molecule has 1 saturated carbocycles. The lowest BCUT2D eigenvalue weighted by molar-refractivity contribution is -0.131. The van der Waals surface area contributed by atoms with Crippen LogP contribution in [-0.2, 0) is 9.59 Å². The van der Waals surface area contributed by atoms with Crippen LogP contribution in [-0.4, -0.2) is 29.6 Å². The van der Waals surface area contributed by atoms with Crippen LogP contribution >= 0.6 is 11.6 Å². The molecule has 23 heavy (non-hydrogen) atoms. The molecule has 2 rings (SSSR count). The van der Waals surface area contributed by atoms with Gasteiger partial charge < -0.3 is 11.1 Å². The summed E-state index contributed by atoms with van der Waals surface area (Å²) < 4.78 is 0. The lowest BCUT2D eigenvalue weighted by Gasteiger charge is -2.28. The second-order valence-electron chi connectivity index (χ2n) is 5.93. The summed E-state index contributed by atoms with van der Waals surface area (Å²) >= 11 is 5.90. The summed E-state index contributed by atoms with van der Waals surface area (Å²) in [7, 11) is 0. The van der Waals surface area contributed by atoms with Crippen LogP contribution in [0.4, 0.5) is 0 Å². The molecule has 0 aromatic heterocycles. The Bertz CT molecular complexity index is 542. The molecule has 1 aliphatic rings. The Hall–Kier alpha value is -1.63. The highest BCUT2D eigenvalue weighted by Gasteiger charge is 2.27. The van der Waals surface area contributed by atoms with Crippen molar-refractivity contribution in [3.05, 3.63) is 34.9 Å². The average molecular weight is 340 g/mol. The third-order valence-corrected chi connectivity index (χ3v) is 4.63. The van der Waals surface area contributed by atoms with Crippen molar-refractivity contribution in [2.45, 2.75) is 37.6 Å². The van der Waals surface area contributed by atoms with Crippen molar-refractivity contribution in [2.24, 2.45) is 11.7 Å². The first-order chi connectivity index (χ1) is 11.0. The van der Waals surface area contributed by atoms with Crippen LogP contribution in [0.2, 0.25) is 5.02 Å². The van der Waals surface area contributed by atoms with Crippen molar-refractivity contribution >= 4 is 23.4 Å². The van der Waals surface area contributed by atoms with E-state index in [1.165, 1.54) is 11.0 Å². The second kappa shape index (κ2) is 8.29. The quantitative estimate of drug-likeness (QED) is 0.482. The summed E-state index contributed by atoms with van der Waals surface area (Å²) in [6.07, 6.45) is 3.51. The van der Waals surface area contributed by atoms with Crippen LogP contribution in [0.3, 0.4) is 0 Å². The van der Waals surface area contributed by atoms with E-state index in [1.54, 1.807) is 0 Å². The normalized spacial score (nSPS) is 22.2. The smallest absolute Gasteiger partial charge is 0.262 e. The molecule has 1 fully saturated rings. The van der Waals surface area contributed by atoms with Gasteiger partial charge in [0.05, 0.1) is 0 Å². The number of carbonyl (C=O) groups is 2. The van der Waals surface area contributed by atoms with E-state index in [2.05, 4.69) is 5.32 Å². The second-order valence-corrected chi connectivity index (χ2v) is 6.36. The average Bonchev–Trinajstić information content (AvgIpc) is 2.59. The van der Waals surface area contributed by atoms with Crippen molar-refractivity contribution in [1.29, 1.82) is 0 Å². The number of hydroxylamine groups is 1. The summed E-state index contributed by atoms with van der Waals surface area (Å²) in [5, 5.41) is 11.9. The highest BCUT2D eigenvalue weighted by molar-refractivity contribution is 6.30. The molecule has 1 aliphatic carbocycles. The first kappa shape index (κ1) is 17.7. The number of halogens is 1. The molecule has 0 radical (unpaired) electrons. The van der Waals surface area contributed by atoms with Crippen LogP contribution in [0.25, 0.3) is 0 Å². The maximum atomic E-state index is 12.1. The van der Waals surface area contributed by atoms with E-state index in [0.717, 1.165) is 30.7 Å². The number of carbonyl (C=O) groups excluding carboxylic acids is 2. The lowest BCUT2D eigenvalue weighted by atomic mass is 9.78. The molecule has 1 aromatic rings. The van der Waals surface area contributed by atoms with Gasteiger partial charge in [-0.25, -0.2) is 5.48 Å². The number of hydrogen-bond donors (Lipinski definition) is 4. The van der Waals surface area contributed by atoms with Crippen molar-refractivity contribution in [2.75, 3.05) is 6.54 Å². The molecule has 1 atom stereocenters. The van der Waals surface area contributed by atoms with Gasteiger partial charge in [0.1, 0.15) is 6.04 Å². The van der Waals surface area contributed by atoms with Gasteiger partial charge in [-0.05, 0) is 49.3 Å². The number of nitrogens with two attached hydrogens (primary N) is 1. The van der Waals surface area contributed by atoms with E-state index < -0.39 is 11.9 Å². The molecule has 0 saturated heterocycles.